The van der Waals surface area contributed by atoms with Crippen LogP contribution in [0.25, 0.3) is 0 Å². The third kappa shape index (κ3) is 2.95. The zero-order valence-electron chi connectivity index (χ0n) is 8.56. The van der Waals surface area contributed by atoms with Crippen LogP contribution in [-0.2, 0) is 9.05 Å². The fraction of sp³-hybridized carbons (Fsp3) is 0.400. The minimum absolute atomic E-state index is 0.639. The van der Waals surface area contributed by atoms with Crippen molar-refractivity contribution in [2.75, 3.05) is 18.9 Å². The molecule has 3 nitrogen and oxygen atoms in total. The van der Waals surface area contributed by atoms with Gasteiger partial charge >= 0.3 is 0 Å². The van der Waals surface area contributed by atoms with Gasteiger partial charge in [-0.1, -0.05) is 12.1 Å². The van der Waals surface area contributed by atoms with Gasteiger partial charge in [-0.2, -0.15) is 0 Å². The Bertz CT molecular complexity index is 275. The average Bonchev–Trinajstić information content (AvgIpc) is 2.18. The van der Waals surface area contributed by atoms with Gasteiger partial charge in [0, 0.05) is 5.69 Å². The first-order valence-corrected chi connectivity index (χ1v) is 5.87. The molecule has 0 fully saturated rings. The van der Waals surface area contributed by atoms with Crippen LogP contribution in [0.3, 0.4) is 0 Å². The maximum Gasteiger partial charge on any atom is 0.207 e. The van der Waals surface area contributed by atoms with Crippen LogP contribution >= 0.6 is 8.38 Å². The molecule has 0 saturated carbocycles. The predicted octanol–water partition coefficient (Wildman–Crippen LogP) is 2.28. The molecule has 0 aliphatic rings. The first kappa shape index (κ1) is 11.4. The minimum Gasteiger partial charge on any atom is -0.398 e. The summed E-state index contributed by atoms with van der Waals surface area (Å²) in [7, 11) is -1.00. The Kier molecular flexibility index (Phi) is 4.88. The number of hydrogen-bond donors (Lipinski definition) is 1. The van der Waals surface area contributed by atoms with Crippen molar-refractivity contribution in [3.05, 3.63) is 24.3 Å². The van der Waals surface area contributed by atoms with E-state index in [-0.39, 0.29) is 0 Å². The molecule has 0 amide bonds. The highest BCUT2D eigenvalue weighted by atomic mass is 31.2. The van der Waals surface area contributed by atoms with Crippen LogP contribution in [0.5, 0.6) is 0 Å². The highest BCUT2D eigenvalue weighted by Gasteiger charge is 2.14. The molecule has 2 N–H and O–H groups in total. The van der Waals surface area contributed by atoms with Gasteiger partial charge < -0.3 is 14.8 Å². The lowest BCUT2D eigenvalue weighted by Crippen LogP contribution is -2.11. The zero-order valence-corrected chi connectivity index (χ0v) is 9.46. The van der Waals surface area contributed by atoms with Crippen molar-refractivity contribution < 1.29 is 9.05 Å². The number of hydrogen-bond acceptors (Lipinski definition) is 3. The van der Waals surface area contributed by atoms with Gasteiger partial charge in [-0.3, -0.25) is 0 Å². The molecule has 0 saturated heterocycles. The molecule has 14 heavy (non-hydrogen) atoms. The quantitative estimate of drug-likeness (QED) is 0.602. The van der Waals surface area contributed by atoms with E-state index in [0.717, 1.165) is 11.0 Å². The van der Waals surface area contributed by atoms with E-state index in [9.17, 15) is 0 Å². The lowest BCUT2D eigenvalue weighted by Gasteiger charge is -2.17. The van der Waals surface area contributed by atoms with E-state index < -0.39 is 8.38 Å². The molecule has 1 rings (SSSR count). The van der Waals surface area contributed by atoms with E-state index in [1.165, 1.54) is 0 Å². The summed E-state index contributed by atoms with van der Waals surface area (Å²) in [5, 5.41) is 0.964. The van der Waals surface area contributed by atoms with Crippen molar-refractivity contribution in [3.63, 3.8) is 0 Å². The number of nitrogens with two attached hydrogens (primary N) is 1. The van der Waals surface area contributed by atoms with Gasteiger partial charge in [-0.05, 0) is 26.0 Å². The van der Waals surface area contributed by atoms with E-state index in [1.807, 2.05) is 38.1 Å². The zero-order chi connectivity index (χ0) is 10.4. The smallest absolute Gasteiger partial charge is 0.207 e. The number of nitrogen functional groups attached to an aromatic ring is 1. The Balaban J connectivity index is 2.81. The standard InChI is InChI=1S/C10H16NO2P/c1-3-12-14(13-4-2)10-8-6-5-7-9(10)11/h5-8H,3-4,11H2,1-2H3. The molecule has 0 spiro atoms. The molecule has 0 radical (unpaired) electrons. The highest BCUT2D eigenvalue weighted by Crippen LogP contribution is 2.38. The van der Waals surface area contributed by atoms with Crippen LogP contribution in [0.15, 0.2) is 24.3 Å². The van der Waals surface area contributed by atoms with E-state index in [1.54, 1.807) is 0 Å². The Labute approximate surface area is 86.1 Å². The first-order valence-electron chi connectivity index (χ1n) is 4.70. The largest absolute Gasteiger partial charge is 0.398 e. The van der Waals surface area contributed by atoms with Crippen LogP contribution < -0.4 is 11.0 Å². The molecule has 78 valence electrons. The summed E-state index contributed by atoms with van der Waals surface area (Å²) in [6.45, 7) is 5.18. The van der Waals surface area contributed by atoms with Crippen LogP contribution in [0.2, 0.25) is 0 Å². The fourth-order valence-electron chi connectivity index (χ4n) is 1.06. The maximum atomic E-state index is 5.84. The molecule has 1 aromatic rings. The van der Waals surface area contributed by atoms with Gasteiger partial charge in [-0.25, -0.2) is 0 Å². The third-order valence-corrected chi connectivity index (χ3v) is 3.41. The van der Waals surface area contributed by atoms with Crippen LogP contribution in [-0.4, -0.2) is 13.2 Å². The molecule has 0 aliphatic heterocycles. The van der Waals surface area contributed by atoms with Gasteiger partial charge in [0.2, 0.25) is 8.38 Å². The predicted molar refractivity (Wildman–Crippen MR) is 60.7 cm³/mol. The second kappa shape index (κ2) is 5.97. The van der Waals surface area contributed by atoms with Crippen LogP contribution in [0, 0.1) is 0 Å². The summed E-state index contributed by atoms with van der Waals surface area (Å²) >= 11 is 0. The van der Waals surface area contributed by atoms with Crippen molar-refractivity contribution in [2.24, 2.45) is 0 Å². The molecule has 0 atom stereocenters. The van der Waals surface area contributed by atoms with Crippen LogP contribution in [0.1, 0.15) is 13.8 Å². The Morgan fingerprint density at radius 2 is 1.71 bits per heavy atom. The first-order chi connectivity index (χ1) is 6.79. The van der Waals surface area contributed by atoms with Crippen molar-refractivity contribution in [3.8, 4) is 0 Å². The number of rotatable bonds is 5. The molecule has 0 bridgehead atoms. The second-order valence-corrected chi connectivity index (χ2v) is 4.16. The number of benzene rings is 1. The maximum absolute atomic E-state index is 5.84. The topological polar surface area (TPSA) is 44.5 Å². The summed E-state index contributed by atoms with van der Waals surface area (Å²) in [6.07, 6.45) is 0. The summed E-state index contributed by atoms with van der Waals surface area (Å²) in [6, 6.07) is 7.67. The molecular weight excluding hydrogens is 197 g/mol. The molecule has 0 heterocycles. The Hall–Kier alpha value is -0.630. The van der Waals surface area contributed by atoms with Gasteiger partial charge in [0.15, 0.2) is 0 Å². The van der Waals surface area contributed by atoms with E-state index in [4.69, 9.17) is 14.8 Å². The van der Waals surface area contributed by atoms with E-state index in [0.29, 0.717) is 13.2 Å². The lowest BCUT2D eigenvalue weighted by atomic mass is 10.3. The minimum atomic E-state index is -1.00. The molecule has 0 aromatic heterocycles. The summed E-state index contributed by atoms with van der Waals surface area (Å²) in [4.78, 5) is 0. The Morgan fingerprint density at radius 3 is 2.21 bits per heavy atom. The van der Waals surface area contributed by atoms with Gasteiger partial charge in [0.25, 0.3) is 0 Å². The van der Waals surface area contributed by atoms with E-state index in [2.05, 4.69) is 0 Å². The van der Waals surface area contributed by atoms with Gasteiger partial charge in [0.05, 0.1) is 18.5 Å². The third-order valence-electron chi connectivity index (χ3n) is 1.63. The average molecular weight is 213 g/mol. The van der Waals surface area contributed by atoms with Crippen molar-refractivity contribution in [1.82, 2.24) is 0 Å². The summed E-state index contributed by atoms with van der Waals surface area (Å²) < 4.78 is 11.0. The normalized spacial score (nSPS) is 10.8. The van der Waals surface area contributed by atoms with Crippen molar-refractivity contribution in [2.45, 2.75) is 13.8 Å². The summed E-state index contributed by atoms with van der Waals surface area (Å²) in [5.41, 5.74) is 6.57. The van der Waals surface area contributed by atoms with Crippen molar-refractivity contribution in [1.29, 1.82) is 0 Å². The fourth-order valence-corrected chi connectivity index (χ4v) is 2.38. The van der Waals surface area contributed by atoms with Gasteiger partial charge in [-0.15, -0.1) is 0 Å². The summed E-state index contributed by atoms with van der Waals surface area (Å²) in [5.74, 6) is 0. The molecule has 4 heteroatoms. The monoisotopic (exact) mass is 213 g/mol. The highest BCUT2D eigenvalue weighted by molar-refractivity contribution is 7.56. The van der Waals surface area contributed by atoms with E-state index >= 15 is 0 Å². The second-order valence-electron chi connectivity index (χ2n) is 2.65. The Morgan fingerprint density at radius 1 is 1.14 bits per heavy atom. The molecule has 0 aliphatic carbocycles. The lowest BCUT2D eigenvalue weighted by molar-refractivity contribution is 0.277. The van der Waals surface area contributed by atoms with Crippen LogP contribution in [0.4, 0.5) is 5.69 Å². The van der Waals surface area contributed by atoms with Gasteiger partial charge in [0.1, 0.15) is 0 Å². The number of anilines is 1. The molecule has 1 aromatic carbocycles. The molecule has 0 unspecified atom stereocenters. The van der Waals surface area contributed by atoms with Crippen molar-refractivity contribution >= 4 is 19.4 Å². The number of para-hydroxylation sites is 1. The molecular formula is C10H16NO2P. The SMILES string of the molecule is CCOP(OCC)c1ccccc1N.